The Bertz CT molecular complexity index is 495. The first kappa shape index (κ1) is 15.0. The van der Waals surface area contributed by atoms with Crippen LogP contribution in [0.3, 0.4) is 0 Å². The maximum atomic E-state index is 12.9. The van der Waals surface area contributed by atoms with Gasteiger partial charge in [0, 0.05) is 6.04 Å². The molecule has 0 spiro atoms. The van der Waals surface area contributed by atoms with E-state index in [9.17, 15) is 18.0 Å². The van der Waals surface area contributed by atoms with Crippen molar-refractivity contribution in [2.75, 3.05) is 0 Å². The minimum Gasteiger partial charge on any atom is -0.347 e. The van der Waals surface area contributed by atoms with Crippen LogP contribution in [0.5, 0.6) is 0 Å². The normalized spacial score (nSPS) is 23.4. The molecule has 1 saturated carbocycles. The van der Waals surface area contributed by atoms with E-state index in [4.69, 9.17) is 11.6 Å². The molecule has 1 aromatic rings. The van der Waals surface area contributed by atoms with Gasteiger partial charge >= 0.3 is 6.18 Å². The van der Waals surface area contributed by atoms with Crippen LogP contribution < -0.4 is 5.32 Å². The van der Waals surface area contributed by atoms with Gasteiger partial charge in [0.05, 0.1) is 18.3 Å². The van der Waals surface area contributed by atoms with Gasteiger partial charge < -0.3 is 5.32 Å². The molecule has 1 aromatic heterocycles. The highest BCUT2D eigenvalue weighted by molar-refractivity contribution is 6.29. The molecule has 110 valence electrons. The smallest absolute Gasteiger partial charge is 0.347 e. The first-order valence-electron chi connectivity index (χ1n) is 6.23. The molecule has 8 heteroatoms. The Balaban J connectivity index is 2.09. The Morgan fingerprint density at radius 3 is 2.65 bits per heavy atom. The summed E-state index contributed by atoms with van der Waals surface area (Å²) in [6.07, 6.45) is -0.353. The van der Waals surface area contributed by atoms with Crippen molar-refractivity contribution in [1.82, 2.24) is 15.3 Å². The zero-order valence-corrected chi connectivity index (χ0v) is 11.2. The van der Waals surface area contributed by atoms with Gasteiger partial charge in [0.1, 0.15) is 10.8 Å². The number of rotatable bonds is 2. The summed E-state index contributed by atoms with van der Waals surface area (Å²) in [7, 11) is 0. The van der Waals surface area contributed by atoms with E-state index in [1.54, 1.807) is 0 Å². The summed E-state index contributed by atoms with van der Waals surface area (Å²) in [5, 5.41) is 2.42. The summed E-state index contributed by atoms with van der Waals surface area (Å²) in [6, 6.07) is -0.919. The maximum Gasteiger partial charge on any atom is 0.393 e. The molecular weight excluding hydrogens is 295 g/mol. The fraction of sp³-hybridized carbons (Fsp3) is 0.583. The van der Waals surface area contributed by atoms with Crippen LogP contribution in [0.1, 0.15) is 36.2 Å². The van der Waals surface area contributed by atoms with Crippen molar-refractivity contribution < 1.29 is 18.0 Å². The summed E-state index contributed by atoms with van der Waals surface area (Å²) < 4.78 is 38.7. The van der Waals surface area contributed by atoms with Crippen molar-refractivity contribution in [2.24, 2.45) is 5.92 Å². The first-order valence-corrected chi connectivity index (χ1v) is 6.61. The number of carbonyl (C=O) groups excluding carboxylic acids is 1. The number of aromatic nitrogens is 2. The van der Waals surface area contributed by atoms with Crippen LogP contribution >= 0.6 is 11.6 Å². The van der Waals surface area contributed by atoms with E-state index in [0.29, 0.717) is 19.3 Å². The molecular formula is C12H13ClF3N3O. The molecule has 2 rings (SSSR count). The molecule has 0 aliphatic heterocycles. The molecule has 0 bridgehead atoms. The highest BCUT2D eigenvalue weighted by atomic mass is 35.5. The Kier molecular flexibility index (Phi) is 4.47. The first-order chi connectivity index (χ1) is 9.38. The highest BCUT2D eigenvalue weighted by Gasteiger charge is 2.46. The minimum atomic E-state index is -4.31. The van der Waals surface area contributed by atoms with E-state index in [-0.39, 0.29) is 17.3 Å². The lowest BCUT2D eigenvalue weighted by molar-refractivity contribution is -0.187. The van der Waals surface area contributed by atoms with Crippen molar-refractivity contribution in [3.63, 3.8) is 0 Å². The number of alkyl halides is 3. The summed E-state index contributed by atoms with van der Waals surface area (Å²) in [4.78, 5) is 19.3. The van der Waals surface area contributed by atoms with Crippen molar-refractivity contribution in [3.8, 4) is 0 Å². The lowest BCUT2D eigenvalue weighted by Crippen LogP contribution is -2.47. The predicted octanol–water partition coefficient (Wildman–Crippen LogP) is 2.98. The van der Waals surface area contributed by atoms with Gasteiger partial charge in [-0.05, 0) is 12.8 Å². The van der Waals surface area contributed by atoms with Crippen LogP contribution in [0.4, 0.5) is 13.2 Å². The highest BCUT2D eigenvalue weighted by Crippen LogP contribution is 2.37. The quantitative estimate of drug-likeness (QED) is 0.914. The van der Waals surface area contributed by atoms with Crippen LogP contribution in [0, 0.1) is 5.92 Å². The molecule has 2 unspecified atom stereocenters. The van der Waals surface area contributed by atoms with Crippen molar-refractivity contribution in [3.05, 3.63) is 23.2 Å². The van der Waals surface area contributed by atoms with Crippen molar-refractivity contribution in [2.45, 2.75) is 37.9 Å². The fourth-order valence-corrected chi connectivity index (χ4v) is 2.54. The number of nitrogens with one attached hydrogen (secondary N) is 1. The minimum absolute atomic E-state index is 0.0219. The monoisotopic (exact) mass is 307 g/mol. The van der Waals surface area contributed by atoms with E-state index in [1.165, 1.54) is 12.4 Å². The third kappa shape index (κ3) is 3.59. The summed E-state index contributed by atoms with van der Waals surface area (Å²) in [6.45, 7) is 0. The summed E-state index contributed by atoms with van der Waals surface area (Å²) in [5.41, 5.74) is -0.0796. The standard InChI is InChI=1S/C12H13ClF3N3O/c13-10-6-17-5-9(18-10)11(20)19-8-4-2-1-3-7(8)12(14,15)16/h5-8H,1-4H2,(H,19,20). The fourth-order valence-electron chi connectivity index (χ4n) is 2.39. The zero-order chi connectivity index (χ0) is 14.8. The Hall–Kier alpha value is -1.37. The molecule has 1 aliphatic rings. The molecule has 1 aliphatic carbocycles. The molecule has 1 fully saturated rings. The van der Waals surface area contributed by atoms with Crippen LogP contribution in [0.25, 0.3) is 0 Å². The molecule has 0 aromatic carbocycles. The van der Waals surface area contributed by atoms with Gasteiger partial charge in [0.2, 0.25) is 0 Å². The number of hydrogen-bond acceptors (Lipinski definition) is 3. The molecule has 1 heterocycles. The lowest BCUT2D eigenvalue weighted by atomic mass is 9.84. The summed E-state index contributed by atoms with van der Waals surface area (Å²) >= 11 is 5.60. The van der Waals surface area contributed by atoms with Gasteiger partial charge in [0.15, 0.2) is 0 Å². The number of amides is 1. The second-order valence-corrected chi connectivity index (χ2v) is 5.13. The number of halogens is 4. The molecule has 4 nitrogen and oxygen atoms in total. The van der Waals surface area contributed by atoms with Gasteiger partial charge in [-0.1, -0.05) is 24.4 Å². The van der Waals surface area contributed by atoms with E-state index < -0.39 is 24.0 Å². The van der Waals surface area contributed by atoms with E-state index in [1.807, 2.05) is 0 Å². The third-order valence-electron chi connectivity index (χ3n) is 3.34. The van der Waals surface area contributed by atoms with E-state index in [2.05, 4.69) is 15.3 Å². The molecule has 1 amide bonds. The molecule has 20 heavy (non-hydrogen) atoms. The molecule has 0 saturated heterocycles. The van der Waals surface area contributed by atoms with Gasteiger partial charge in [0.25, 0.3) is 5.91 Å². The Morgan fingerprint density at radius 2 is 2.00 bits per heavy atom. The third-order valence-corrected chi connectivity index (χ3v) is 3.52. The van der Waals surface area contributed by atoms with E-state index in [0.717, 1.165) is 0 Å². The van der Waals surface area contributed by atoms with Crippen LogP contribution in [0.2, 0.25) is 5.15 Å². The topological polar surface area (TPSA) is 54.9 Å². The average molecular weight is 308 g/mol. The van der Waals surface area contributed by atoms with Gasteiger partial charge in [-0.15, -0.1) is 0 Å². The van der Waals surface area contributed by atoms with Crippen LogP contribution in [-0.2, 0) is 0 Å². The molecule has 2 atom stereocenters. The Labute approximate surface area is 118 Å². The SMILES string of the molecule is O=C(NC1CCCCC1C(F)(F)F)c1cncc(Cl)n1. The number of carbonyl (C=O) groups is 1. The lowest BCUT2D eigenvalue weighted by Gasteiger charge is -2.33. The maximum absolute atomic E-state index is 12.9. The van der Waals surface area contributed by atoms with Crippen molar-refractivity contribution in [1.29, 1.82) is 0 Å². The average Bonchev–Trinajstić information content (AvgIpc) is 2.38. The zero-order valence-electron chi connectivity index (χ0n) is 10.5. The predicted molar refractivity (Wildman–Crippen MR) is 66.3 cm³/mol. The molecule has 0 radical (unpaired) electrons. The second kappa shape index (κ2) is 5.95. The van der Waals surface area contributed by atoms with Crippen molar-refractivity contribution >= 4 is 17.5 Å². The number of hydrogen-bond donors (Lipinski definition) is 1. The summed E-state index contributed by atoms with van der Waals surface area (Å²) in [5.74, 6) is -2.19. The van der Waals surface area contributed by atoms with Gasteiger partial charge in [-0.2, -0.15) is 13.2 Å². The van der Waals surface area contributed by atoms with Crippen LogP contribution in [-0.4, -0.2) is 28.1 Å². The molecule has 1 N–H and O–H groups in total. The van der Waals surface area contributed by atoms with E-state index >= 15 is 0 Å². The van der Waals surface area contributed by atoms with Gasteiger partial charge in [-0.25, -0.2) is 4.98 Å². The largest absolute Gasteiger partial charge is 0.393 e. The van der Waals surface area contributed by atoms with Crippen LogP contribution in [0.15, 0.2) is 12.4 Å². The number of nitrogens with zero attached hydrogens (tertiary/aromatic N) is 2. The second-order valence-electron chi connectivity index (χ2n) is 4.74. The van der Waals surface area contributed by atoms with Gasteiger partial charge in [-0.3, -0.25) is 9.78 Å². The Morgan fingerprint density at radius 1 is 1.30 bits per heavy atom.